The molecule has 3 fully saturated rings. The molecule has 1 unspecified atom stereocenters. The fourth-order valence-corrected chi connectivity index (χ4v) is 8.69. The number of rotatable bonds is 9. The number of hydrogen-bond acceptors (Lipinski definition) is 17. The molecule has 0 aromatic carbocycles. The third kappa shape index (κ3) is 13.6. The van der Waals surface area contributed by atoms with E-state index < -0.39 is 108 Å². The van der Waals surface area contributed by atoms with Crippen molar-refractivity contribution in [2.45, 2.75) is 185 Å². The lowest BCUT2D eigenvalue weighted by Gasteiger charge is -2.53. The van der Waals surface area contributed by atoms with E-state index in [0.29, 0.717) is 5.57 Å². The van der Waals surface area contributed by atoms with Gasteiger partial charge in [0, 0.05) is 56.3 Å². The molecular formula is C47H70O17. The molecule has 17 heteroatoms. The minimum absolute atomic E-state index is 0.102. The third-order valence-corrected chi connectivity index (χ3v) is 12.5. The number of methoxy groups -OCH3 is 2. The van der Waals surface area contributed by atoms with Crippen LogP contribution in [0.2, 0.25) is 0 Å². The Balaban J connectivity index is 1.89. The summed E-state index contributed by atoms with van der Waals surface area (Å²) in [6.07, 6.45) is 1.82. The molecule has 4 rings (SSSR count). The number of ether oxygens (including phenoxy) is 8. The maximum Gasteiger partial charge on any atom is 0.331 e. The van der Waals surface area contributed by atoms with Crippen LogP contribution in [0, 0.1) is 10.8 Å². The summed E-state index contributed by atoms with van der Waals surface area (Å²) in [6, 6.07) is 0. The van der Waals surface area contributed by atoms with Gasteiger partial charge in [0.2, 0.25) is 5.79 Å². The smallest absolute Gasteiger partial charge is 0.331 e. The molecule has 3 saturated heterocycles. The molecule has 12 atom stereocenters. The van der Waals surface area contributed by atoms with Crippen molar-refractivity contribution in [3.63, 3.8) is 0 Å². The van der Waals surface area contributed by atoms with Gasteiger partial charge in [-0.2, -0.15) is 0 Å². The Morgan fingerprint density at radius 2 is 1.53 bits per heavy atom. The summed E-state index contributed by atoms with van der Waals surface area (Å²) >= 11 is 0. The van der Waals surface area contributed by atoms with Crippen molar-refractivity contribution in [1.82, 2.24) is 0 Å². The SMILES string of the molecule is CCC/C=C/C=C/C(=O)O[C@H]1/C(=C/C(=O)OC)C[C@H]2C[C@@H]([C@H](C)O)OC(O)C[C@H](O)C[C@@H]3C[C@H](OC(C)=O)C(C)(C)[C@](O)(C[C@@H]4C/C(=C/C(=O)OC)C[C@H](/C=C/C(C)(C)[C@]1(O)O2)O4)O3. The number of fused-ring (bicyclic) bond motifs is 6. The molecule has 64 heavy (non-hydrogen) atoms. The summed E-state index contributed by atoms with van der Waals surface area (Å²) < 4.78 is 47.0. The highest BCUT2D eigenvalue weighted by molar-refractivity contribution is 5.84. The molecule has 5 N–H and O–H groups in total. The third-order valence-electron chi connectivity index (χ3n) is 12.5. The van der Waals surface area contributed by atoms with Crippen LogP contribution >= 0.6 is 0 Å². The minimum atomic E-state index is -2.44. The van der Waals surface area contributed by atoms with Crippen LogP contribution in [0.3, 0.4) is 0 Å². The second-order valence-electron chi connectivity index (χ2n) is 18.4. The zero-order chi connectivity index (χ0) is 47.6. The van der Waals surface area contributed by atoms with Gasteiger partial charge < -0.3 is 63.4 Å². The molecule has 4 aliphatic heterocycles. The van der Waals surface area contributed by atoms with Crippen molar-refractivity contribution in [1.29, 1.82) is 0 Å². The second-order valence-corrected chi connectivity index (χ2v) is 18.4. The molecule has 4 heterocycles. The lowest BCUT2D eigenvalue weighted by molar-refractivity contribution is -0.349. The van der Waals surface area contributed by atoms with Crippen molar-refractivity contribution in [2.24, 2.45) is 10.8 Å². The molecular weight excluding hydrogens is 836 g/mol. The monoisotopic (exact) mass is 906 g/mol. The van der Waals surface area contributed by atoms with E-state index in [0.717, 1.165) is 18.9 Å². The molecule has 0 radical (unpaired) electrons. The van der Waals surface area contributed by atoms with Crippen molar-refractivity contribution >= 4 is 23.9 Å². The summed E-state index contributed by atoms with van der Waals surface area (Å²) in [5.74, 6) is -7.33. The lowest BCUT2D eigenvalue weighted by atomic mass is 9.70. The number of carbonyl (C=O) groups is 4. The molecule has 0 aromatic rings. The quantitative estimate of drug-likeness (QED) is 0.0720. The summed E-state index contributed by atoms with van der Waals surface area (Å²) in [4.78, 5) is 51.3. The van der Waals surface area contributed by atoms with Gasteiger partial charge in [-0.3, -0.25) is 4.79 Å². The Bertz CT molecular complexity index is 1780. The minimum Gasteiger partial charge on any atom is -0.466 e. The summed E-state index contributed by atoms with van der Waals surface area (Å²) in [5, 5.41) is 58.8. The Labute approximate surface area is 376 Å². The zero-order valence-electron chi connectivity index (χ0n) is 38.6. The van der Waals surface area contributed by atoms with Gasteiger partial charge >= 0.3 is 23.9 Å². The first-order valence-corrected chi connectivity index (χ1v) is 22.1. The Morgan fingerprint density at radius 3 is 2.17 bits per heavy atom. The van der Waals surface area contributed by atoms with Gasteiger partial charge in [-0.1, -0.05) is 77.0 Å². The molecule has 0 spiro atoms. The van der Waals surface area contributed by atoms with Crippen LogP contribution in [0.1, 0.15) is 113 Å². The van der Waals surface area contributed by atoms with Gasteiger partial charge in [0.1, 0.15) is 6.10 Å². The van der Waals surface area contributed by atoms with Gasteiger partial charge in [-0.05, 0) is 44.6 Å². The van der Waals surface area contributed by atoms with Crippen LogP contribution in [-0.2, 0) is 57.1 Å². The van der Waals surface area contributed by atoms with Crippen LogP contribution in [0.25, 0.3) is 0 Å². The highest BCUT2D eigenvalue weighted by atomic mass is 16.7. The van der Waals surface area contributed by atoms with Crippen LogP contribution in [-0.4, -0.2) is 136 Å². The van der Waals surface area contributed by atoms with Gasteiger partial charge in [0.25, 0.3) is 0 Å². The van der Waals surface area contributed by atoms with Crippen LogP contribution in [0.4, 0.5) is 0 Å². The normalized spacial score (nSPS) is 37.1. The molecule has 0 aromatic heterocycles. The first kappa shape index (κ1) is 52.8. The van der Waals surface area contributed by atoms with Gasteiger partial charge in [0.15, 0.2) is 18.2 Å². The lowest BCUT2D eigenvalue weighted by Crippen LogP contribution is -2.62. The molecule has 4 aliphatic rings. The van der Waals surface area contributed by atoms with Crippen molar-refractivity contribution in [2.75, 3.05) is 14.2 Å². The Kier molecular flexibility index (Phi) is 18.7. The average molecular weight is 907 g/mol. The average Bonchev–Trinajstić information content (AvgIpc) is 3.19. The summed E-state index contributed by atoms with van der Waals surface area (Å²) in [6.45, 7) is 11.3. The summed E-state index contributed by atoms with van der Waals surface area (Å²) in [7, 11) is 2.42. The number of aliphatic hydroxyl groups excluding tert-OH is 3. The highest BCUT2D eigenvalue weighted by Gasteiger charge is 2.59. The van der Waals surface area contributed by atoms with E-state index in [-0.39, 0.29) is 56.9 Å². The van der Waals surface area contributed by atoms with Crippen molar-refractivity contribution < 1.29 is 82.6 Å². The maximum absolute atomic E-state index is 13.4. The highest BCUT2D eigenvalue weighted by Crippen LogP contribution is 2.50. The van der Waals surface area contributed by atoms with E-state index >= 15 is 0 Å². The van der Waals surface area contributed by atoms with E-state index in [9.17, 15) is 44.7 Å². The fraction of sp³-hybridized carbons (Fsp3) is 0.702. The molecule has 0 amide bonds. The van der Waals surface area contributed by atoms with E-state index in [4.69, 9.17) is 37.9 Å². The number of allylic oxidation sites excluding steroid dienone is 3. The Morgan fingerprint density at radius 1 is 0.844 bits per heavy atom. The first-order valence-electron chi connectivity index (χ1n) is 22.1. The van der Waals surface area contributed by atoms with Crippen LogP contribution in [0.5, 0.6) is 0 Å². The fourth-order valence-electron chi connectivity index (χ4n) is 8.69. The van der Waals surface area contributed by atoms with E-state index in [2.05, 4.69) is 0 Å². The first-order chi connectivity index (χ1) is 29.9. The molecule has 0 aliphatic carbocycles. The van der Waals surface area contributed by atoms with Gasteiger partial charge in [-0.15, -0.1) is 0 Å². The molecule has 0 saturated carbocycles. The predicted molar refractivity (Wildman–Crippen MR) is 229 cm³/mol. The Hall–Kier alpha value is -3.78. The number of unbranched alkanes of at least 4 members (excludes halogenated alkanes) is 1. The maximum atomic E-state index is 13.4. The standard InChI is InChI=1S/C47H70O17/c1-10-11-12-13-14-15-39(51)62-43-31(22-41(53)58-9)21-34-25-37(28(2)48)61-42(54)24-32(50)23-35-26-38(59-29(3)49)45(6,7)46(55,63-35)27-36-19-30(20-40(52)57-8)18-33(60-36)16-17-44(4,5)47(43,56)64-34/h12-17,20,22,28,32-38,42-43,48,50,54-56H,10-11,18-19,21,23-27H2,1-9H3/b13-12+,15-14+,17-16+,30-20+,31-22+/t28-,32+,33-,34-,35+,36-,37-,38-,42?,43-,46-,47+/m0/s1. The van der Waals surface area contributed by atoms with Gasteiger partial charge in [-0.25, -0.2) is 14.4 Å². The van der Waals surface area contributed by atoms with E-state index in [1.807, 2.05) is 13.0 Å². The second kappa shape index (κ2) is 22.6. The largest absolute Gasteiger partial charge is 0.466 e. The van der Waals surface area contributed by atoms with Gasteiger partial charge in [0.05, 0.1) is 62.4 Å². The number of hydrogen-bond donors (Lipinski definition) is 5. The van der Waals surface area contributed by atoms with Crippen molar-refractivity contribution in [3.8, 4) is 0 Å². The van der Waals surface area contributed by atoms with Crippen LogP contribution in [0.15, 0.2) is 59.8 Å². The molecule has 360 valence electrons. The van der Waals surface area contributed by atoms with E-state index in [1.54, 1.807) is 45.9 Å². The number of aliphatic hydroxyl groups is 5. The molecule has 6 bridgehead atoms. The zero-order valence-corrected chi connectivity index (χ0v) is 38.6. The number of esters is 4. The van der Waals surface area contributed by atoms with Crippen LogP contribution < -0.4 is 0 Å². The summed E-state index contributed by atoms with van der Waals surface area (Å²) in [5.41, 5.74) is -1.99. The molecule has 17 nitrogen and oxygen atoms in total. The topological polar surface area (TPSA) is 243 Å². The predicted octanol–water partition coefficient (Wildman–Crippen LogP) is 4.07. The number of carbonyl (C=O) groups excluding carboxylic acids is 4. The van der Waals surface area contributed by atoms with E-state index in [1.165, 1.54) is 46.3 Å². The van der Waals surface area contributed by atoms with Crippen molar-refractivity contribution in [3.05, 3.63) is 59.8 Å².